The van der Waals surface area contributed by atoms with E-state index in [-0.39, 0.29) is 18.8 Å². The third-order valence-electron chi connectivity index (χ3n) is 2.69. The smallest absolute Gasteiger partial charge is 0.237 e. The van der Waals surface area contributed by atoms with Crippen molar-refractivity contribution >= 4 is 15.7 Å². The van der Waals surface area contributed by atoms with E-state index in [2.05, 4.69) is 5.32 Å². The molecule has 6 nitrogen and oxygen atoms in total. The van der Waals surface area contributed by atoms with Gasteiger partial charge in [0.1, 0.15) is 9.84 Å². The average Bonchev–Trinajstić information content (AvgIpc) is 2.24. The third-order valence-corrected chi connectivity index (χ3v) is 3.67. The lowest BCUT2D eigenvalue weighted by Gasteiger charge is -2.28. The van der Waals surface area contributed by atoms with Crippen LogP contribution in [0.3, 0.4) is 0 Å². The minimum atomic E-state index is -3.12. The number of carbonyl (C=O) groups excluding carboxylic acids is 1. The number of hydrogen-bond donors (Lipinski definition) is 3. The van der Waals surface area contributed by atoms with Crippen LogP contribution in [0.2, 0.25) is 0 Å². The summed E-state index contributed by atoms with van der Waals surface area (Å²) in [6, 6.07) is -0.873. The molecule has 0 aromatic carbocycles. The van der Waals surface area contributed by atoms with Crippen LogP contribution in [0, 0.1) is 0 Å². The molecule has 0 radical (unpaired) electrons. The lowest BCUT2D eigenvalue weighted by Crippen LogP contribution is -2.54. The van der Waals surface area contributed by atoms with E-state index in [9.17, 15) is 13.2 Å². The number of sulfone groups is 1. The Labute approximate surface area is 102 Å². The first-order valence-corrected chi connectivity index (χ1v) is 7.56. The summed E-state index contributed by atoms with van der Waals surface area (Å²) in [7, 11) is -3.12. The van der Waals surface area contributed by atoms with Crippen molar-refractivity contribution in [1.29, 1.82) is 0 Å². The number of aliphatic hydroxyl groups excluding tert-OH is 1. The van der Waals surface area contributed by atoms with Gasteiger partial charge >= 0.3 is 0 Å². The lowest BCUT2D eigenvalue weighted by molar-refractivity contribution is -0.124. The van der Waals surface area contributed by atoms with Gasteiger partial charge in [-0.2, -0.15) is 0 Å². The molecule has 102 valence electrons. The quantitative estimate of drug-likeness (QED) is 0.549. The van der Waals surface area contributed by atoms with Gasteiger partial charge in [-0.3, -0.25) is 4.79 Å². The van der Waals surface area contributed by atoms with Crippen LogP contribution in [0.15, 0.2) is 0 Å². The molecule has 0 saturated carbocycles. The van der Waals surface area contributed by atoms with Crippen LogP contribution < -0.4 is 11.1 Å². The minimum Gasteiger partial charge on any atom is -0.394 e. The summed E-state index contributed by atoms with van der Waals surface area (Å²) in [4.78, 5) is 11.7. The molecule has 2 atom stereocenters. The van der Waals surface area contributed by atoms with Crippen molar-refractivity contribution in [2.45, 2.75) is 38.3 Å². The Hall–Kier alpha value is -0.660. The van der Waals surface area contributed by atoms with Crippen LogP contribution in [0.1, 0.15) is 26.7 Å². The summed E-state index contributed by atoms with van der Waals surface area (Å²) in [5, 5.41) is 11.7. The summed E-state index contributed by atoms with van der Waals surface area (Å²) in [5.74, 6) is -0.559. The Morgan fingerprint density at radius 2 is 2.06 bits per heavy atom. The highest BCUT2D eigenvalue weighted by Gasteiger charge is 2.26. The third kappa shape index (κ3) is 6.60. The van der Waals surface area contributed by atoms with Crippen LogP contribution in [0.5, 0.6) is 0 Å². The van der Waals surface area contributed by atoms with Gasteiger partial charge in [-0.1, -0.05) is 6.92 Å². The predicted octanol–water partition coefficient (Wildman–Crippen LogP) is -0.974. The molecular formula is C10H22N2O4S. The van der Waals surface area contributed by atoms with Crippen LogP contribution in [-0.2, 0) is 14.6 Å². The monoisotopic (exact) mass is 266 g/mol. The topological polar surface area (TPSA) is 109 Å². The minimum absolute atomic E-state index is 0.0793. The van der Waals surface area contributed by atoms with E-state index in [0.717, 1.165) is 6.26 Å². The molecule has 7 heteroatoms. The second kappa shape index (κ2) is 6.32. The normalized spacial score (nSPS) is 17.2. The zero-order valence-corrected chi connectivity index (χ0v) is 11.4. The second-order valence-electron chi connectivity index (χ2n) is 4.59. The number of hydrogen-bond acceptors (Lipinski definition) is 5. The molecule has 1 amide bonds. The Bertz CT molecular complexity index is 349. The average molecular weight is 266 g/mol. The molecule has 0 aromatic rings. The molecule has 0 aliphatic rings. The Balaban J connectivity index is 4.32. The number of carbonyl (C=O) groups is 1. The van der Waals surface area contributed by atoms with Gasteiger partial charge in [0.2, 0.25) is 5.91 Å². The summed E-state index contributed by atoms with van der Waals surface area (Å²) < 4.78 is 21.9. The number of aliphatic hydroxyl groups is 1. The number of rotatable bonds is 7. The van der Waals surface area contributed by atoms with E-state index in [1.807, 2.05) is 6.92 Å². The summed E-state index contributed by atoms with van der Waals surface area (Å²) in [6.45, 7) is 3.35. The van der Waals surface area contributed by atoms with E-state index in [4.69, 9.17) is 10.8 Å². The Morgan fingerprint density at radius 3 is 2.41 bits per heavy atom. The first-order chi connectivity index (χ1) is 7.63. The van der Waals surface area contributed by atoms with Gasteiger partial charge in [0.25, 0.3) is 0 Å². The van der Waals surface area contributed by atoms with Crippen molar-refractivity contribution in [3.63, 3.8) is 0 Å². The van der Waals surface area contributed by atoms with E-state index in [0.29, 0.717) is 6.42 Å². The first kappa shape index (κ1) is 16.3. The Kier molecular flexibility index (Phi) is 6.08. The van der Waals surface area contributed by atoms with Gasteiger partial charge in [-0.05, 0) is 19.8 Å². The molecule has 0 aliphatic carbocycles. The van der Waals surface area contributed by atoms with Crippen LogP contribution >= 0.6 is 0 Å². The van der Waals surface area contributed by atoms with E-state index in [1.54, 1.807) is 6.92 Å². The zero-order chi connectivity index (χ0) is 13.7. The molecule has 0 aromatic heterocycles. The first-order valence-electron chi connectivity index (χ1n) is 5.50. The SMILES string of the molecule is CCC(C)(CO)NC(=O)C(N)CCS(C)(=O)=O. The molecule has 2 unspecified atom stereocenters. The van der Waals surface area contributed by atoms with Crippen molar-refractivity contribution < 1.29 is 18.3 Å². The largest absolute Gasteiger partial charge is 0.394 e. The van der Waals surface area contributed by atoms with Gasteiger partial charge in [0, 0.05) is 6.26 Å². The van der Waals surface area contributed by atoms with Gasteiger partial charge in [-0.25, -0.2) is 8.42 Å². The molecule has 4 N–H and O–H groups in total. The fourth-order valence-corrected chi connectivity index (χ4v) is 1.78. The van der Waals surface area contributed by atoms with Crippen molar-refractivity contribution in [3.8, 4) is 0 Å². The van der Waals surface area contributed by atoms with Gasteiger partial charge in [0.05, 0.1) is 23.9 Å². The van der Waals surface area contributed by atoms with Gasteiger partial charge in [0.15, 0.2) is 0 Å². The lowest BCUT2D eigenvalue weighted by atomic mass is 9.99. The fraction of sp³-hybridized carbons (Fsp3) is 0.900. The standard InChI is InChI=1S/C10H22N2O4S/c1-4-10(2,7-13)12-9(14)8(11)5-6-17(3,15)16/h8,13H,4-7,11H2,1-3H3,(H,12,14). The predicted molar refractivity (Wildman–Crippen MR) is 66.2 cm³/mol. The molecule has 0 heterocycles. The Morgan fingerprint density at radius 1 is 1.53 bits per heavy atom. The molecule has 0 aliphatic heterocycles. The molecule has 0 rings (SSSR count). The molecular weight excluding hydrogens is 244 g/mol. The summed E-state index contributed by atoms with van der Waals surface area (Å²) >= 11 is 0. The van der Waals surface area contributed by atoms with Crippen LogP contribution in [0.25, 0.3) is 0 Å². The van der Waals surface area contributed by atoms with Crippen molar-refractivity contribution in [1.82, 2.24) is 5.32 Å². The fourth-order valence-electron chi connectivity index (χ4n) is 1.10. The number of amides is 1. The van der Waals surface area contributed by atoms with Gasteiger partial charge < -0.3 is 16.2 Å². The highest BCUT2D eigenvalue weighted by atomic mass is 32.2. The molecule has 17 heavy (non-hydrogen) atoms. The maximum Gasteiger partial charge on any atom is 0.237 e. The number of nitrogens with one attached hydrogen (secondary N) is 1. The highest BCUT2D eigenvalue weighted by Crippen LogP contribution is 2.08. The summed E-state index contributed by atoms with van der Waals surface area (Å²) in [6.07, 6.45) is 1.74. The van der Waals surface area contributed by atoms with Gasteiger partial charge in [-0.15, -0.1) is 0 Å². The van der Waals surface area contributed by atoms with Crippen molar-refractivity contribution in [2.75, 3.05) is 18.6 Å². The molecule has 0 spiro atoms. The van der Waals surface area contributed by atoms with Crippen LogP contribution in [0.4, 0.5) is 0 Å². The van der Waals surface area contributed by atoms with Crippen molar-refractivity contribution in [2.24, 2.45) is 5.73 Å². The zero-order valence-electron chi connectivity index (χ0n) is 10.6. The van der Waals surface area contributed by atoms with E-state index in [1.165, 1.54) is 0 Å². The second-order valence-corrected chi connectivity index (χ2v) is 6.85. The summed E-state index contributed by atoms with van der Waals surface area (Å²) in [5.41, 5.74) is 4.87. The van der Waals surface area contributed by atoms with E-state index >= 15 is 0 Å². The van der Waals surface area contributed by atoms with Crippen molar-refractivity contribution in [3.05, 3.63) is 0 Å². The maximum absolute atomic E-state index is 11.7. The molecule has 0 fully saturated rings. The molecule has 0 bridgehead atoms. The maximum atomic E-state index is 11.7. The van der Waals surface area contributed by atoms with Crippen LogP contribution in [-0.4, -0.2) is 49.6 Å². The molecule has 0 saturated heterocycles. The highest BCUT2D eigenvalue weighted by molar-refractivity contribution is 7.90. The van der Waals surface area contributed by atoms with E-state index < -0.39 is 27.3 Å². The number of nitrogens with two attached hydrogens (primary N) is 1.